The quantitative estimate of drug-likeness (QED) is 0.864. The monoisotopic (exact) mass is 288 g/mol. The van der Waals surface area contributed by atoms with E-state index in [0.29, 0.717) is 18.3 Å². The van der Waals surface area contributed by atoms with Gasteiger partial charge in [-0.3, -0.25) is 15.0 Å². The molecular weight excluding hydrogens is 268 g/mol. The van der Waals surface area contributed by atoms with Gasteiger partial charge in [0.2, 0.25) is 11.8 Å². The third-order valence-corrected chi connectivity index (χ3v) is 3.31. The van der Waals surface area contributed by atoms with Crippen molar-refractivity contribution in [2.24, 2.45) is 11.7 Å². The Hall–Kier alpha value is -1.11. The predicted octanol–water partition coefficient (Wildman–Crippen LogP) is 1.01. The van der Waals surface area contributed by atoms with E-state index in [4.69, 9.17) is 10.3 Å². The summed E-state index contributed by atoms with van der Waals surface area (Å²) in [5.74, 6) is 0.822. The maximum Gasteiger partial charge on any atom is 0.240 e. The molecule has 1 saturated heterocycles. The van der Waals surface area contributed by atoms with E-state index in [9.17, 15) is 4.79 Å². The molecule has 7 heteroatoms. The minimum absolute atomic E-state index is 0. The van der Waals surface area contributed by atoms with Crippen LogP contribution < -0.4 is 11.1 Å². The first-order valence-corrected chi connectivity index (χ1v) is 6.25. The Morgan fingerprint density at radius 2 is 2.47 bits per heavy atom. The molecule has 1 aliphatic heterocycles. The van der Waals surface area contributed by atoms with Crippen LogP contribution in [-0.2, 0) is 4.79 Å². The van der Waals surface area contributed by atoms with Gasteiger partial charge in [-0.1, -0.05) is 5.16 Å². The van der Waals surface area contributed by atoms with Gasteiger partial charge < -0.3 is 10.3 Å². The Bertz CT molecular complexity index is 422. The van der Waals surface area contributed by atoms with Crippen LogP contribution in [0, 0.1) is 12.8 Å². The van der Waals surface area contributed by atoms with E-state index in [1.165, 1.54) is 0 Å². The van der Waals surface area contributed by atoms with Crippen molar-refractivity contribution in [2.75, 3.05) is 25.0 Å². The highest BCUT2D eigenvalue weighted by molar-refractivity contribution is 5.90. The molecule has 19 heavy (non-hydrogen) atoms. The van der Waals surface area contributed by atoms with Crippen LogP contribution in [0.25, 0.3) is 0 Å². The number of nitrogens with zero attached hydrogens (tertiary/aromatic N) is 2. The van der Waals surface area contributed by atoms with Crippen LogP contribution in [0.4, 0.5) is 5.88 Å². The minimum atomic E-state index is -0.0727. The molecule has 108 valence electrons. The van der Waals surface area contributed by atoms with Crippen molar-refractivity contribution in [1.29, 1.82) is 0 Å². The molecule has 2 atom stereocenters. The summed E-state index contributed by atoms with van der Waals surface area (Å²) in [5, 5.41) is 6.41. The summed E-state index contributed by atoms with van der Waals surface area (Å²) in [6, 6.07) is 1.89. The van der Waals surface area contributed by atoms with Crippen molar-refractivity contribution in [3.05, 3.63) is 11.8 Å². The van der Waals surface area contributed by atoms with Crippen LogP contribution >= 0.6 is 12.4 Å². The second-order valence-electron chi connectivity index (χ2n) is 5.02. The molecule has 0 radical (unpaired) electrons. The maximum atomic E-state index is 11.8. The molecule has 1 aromatic rings. The predicted molar refractivity (Wildman–Crippen MR) is 75.3 cm³/mol. The smallest absolute Gasteiger partial charge is 0.240 e. The average Bonchev–Trinajstić information content (AvgIpc) is 2.88. The SMILES string of the molecule is Cc1cc(NC(=O)CN2CCC(C(C)N)C2)on1.Cl. The van der Waals surface area contributed by atoms with E-state index in [2.05, 4.69) is 15.4 Å². The van der Waals surface area contributed by atoms with Gasteiger partial charge in [-0.25, -0.2) is 0 Å². The number of likely N-dealkylation sites (tertiary alicyclic amines) is 1. The van der Waals surface area contributed by atoms with Gasteiger partial charge in [0.15, 0.2) is 0 Å². The maximum absolute atomic E-state index is 11.8. The van der Waals surface area contributed by atoms with Gasteiger partial charge in [0.05, 0.1) is 12.2 Å². The number of anilines is 1. The van der Waals surface area contributed by atoms with Gasteiger partial charge in [0.1, 0.15) is 0 Å². The van der Waals surface area contributed by atoms with Crippen molar-refractivity contribution in [2.45, 2.75) is 26.3 Å². The van der Waals surface area contributed by atoms with Crippen molar-refractivity contribution in [1.82, 2.24) is 10.1 Å². The van der Waals surface area contributed by atoms with E-state index < -0.39 is 0 Å². The summed E-state index contributed by atoms with van der Waals surface area (Å²) in [6.45, 7) is 6.02. The van der Waals surface area contributed by atoms with Crippen molar-refractivity contribution in [3.8, 4) is 0 Å². The lowest BCUT2D eigenvalue weighted by molar-refractivity contribution is -0.117. The lowest BCUT2D eigenvalue weighted by atomic mass is 10.0. The number of hydrogen-bond acceptors (Lipinski definition) is 5. The molecule has 1 fully saturated rings. The van der Waals surface area contributed by atoms with Crippen LogP contribution in [0.5, 0.6) is 0 Å². The molecule has 2 unspecified atom stereocenters. The summed E-state index contributed by atoms with van der Waals surface area (Å²) in [6.07, 6.45) is 1.06. The first-order chi connectivity index (χ1) is 8.54. The number of halogens is 1. The summed E-state index contributed by atoms with van der Waals surface area (Å²) in [4.78, 5) is 13.9. The second kappa shape index (κ2) is 6.88. The molecule has 2 heterocycles. The number of nitrogens with two attached hydrogens (primary N) is 1. The number of rotatable bonds is 4. The van der Waals surface area contributed by atoms with E-state index in [1.54, 1.807) is 6.07 Å². The number of aryl methyl sites for hydroxylation is 1. The Morgan fingerprint density at radius 3 is 3.00 bits per heavy atom. The Kier molecular flexibility index (Phi) is 5.78. The zero-order chi connectivity index (χ0) is 13.1. The zero-order valence-electron chi connectivity index (χ0n) is 11.3. The normalized spacial score (nSPS) is 20.9. The van der Waals surface area contributed by atoms with E-state index in [-0.39, 0.29) is 24.4 Å². The molecule has 0 aliphatic carbocycles. The standard InChI is InChI=1S/C12H20N4O2.ClH/c1-8-5-12(18-15-8)14-11(17)7-16-4-3-10(6-16)9(2)13;/h5,9-10H,3-4,6-7,13H2,1-2H3,(H,14,17);1H. The van der Waals surface area contributed by atoms with Gasteiger partial charge >= 0.3 is 0 Å². The molecule has 1 aromatic heterocycles. The van der Waals surface area contributed by atoms with E-state index in [1.807, 2.05) is 13.8 Å². The van der Waals surface area contributed by atoms with Gasteiger partial charge in [-0.05, 0) is 32.7 Å². The topological polar surface area (TPSA) is 84.4 Å². The largest absolute Gasteiger partial charge is 0.338 e. The van der Waals surface area contributed by atoms with E-state index >= 15 is 0 Å². The number of carbonyl (C=O) groups excluding carboxylic acids is 1. The lowest BCUT2D eigenvalue weighted by Gasteiger charge is -2.16. The summed E-state index contributed by atoms with van der Waals surface area (Å²) in [7, 11) is 0. The molecule has 2 rings (SSSR count). The average molecular weight is 289 g/mol. The first kappa shape index (κ1) is 15.9. The van der Waals surface area contributed by atoms with Crippen LogP contribution in [0.3, 0.4) is 0 Å². The third-order valence-electron chi connectivity index (χ3n) is 3.31. The van der Waals surface area contributed by atoms with Crippen molar-refractivity contribution < 1.29 is 9.32 Å². The van der Waals surface area contributed by atoms with Crippen LogP contribution in [0.2, 0.25) is 0 Å². The van der Waals surface area contributed by atoms with Gasteiger partial charge in [0, 0.05) is 18.7 Å². The summed E-state index contributed by atoms with van der Waals surface area (Å²) < 4.78 is 4.94. The van der Waals surface area contributed by atoms with Crippen molar-refractivity contribution >= 4 is 24.2 Å². The molecule has 0 spiro atoms. The number of carbonyl (C=O) groups is 1. The molecule has 1 aliphatic rings. The summed E-state index contributed by atoms with van der Waals surface area (Å²) in [5.41, 5.74) is 6.62. The molecule has 0 saturated carbocycles. The first-order valence-electron chi connectivity index (χ1n) is 6.25. The molecule has 3 N–H and O–H groups in total. The molecule has 6 nitrogen and oxygen atoms in total. The zero-order valence-corrected chi connectivity index (χ0v) is 12.1. The van der Waals surface area contributed by atoms with Crippen LogP contribution in [0.15, 0.2) is 10.6 Å². The fourth-order valence-corrected chi connectivity index (χ4v) is 2.24. The molecule has 0 bridgehead atoms. The Balaban J connectivity index is 0.00000180. The van der Waals surface area contributed by atoms with Gasteiger partial charge in [0.25, 0.3) is 0 Å². The fourth-order valence-electron chi connectivity index (χ4n) is 2.24. The molecular formula is C12H21ClN4O2. The molecule has 1 amide bonds. The highest BCUT2D eigenvalue weighted by atomic mass is 35.5. The number of nitrogens with one attached hydrogen (secondary N) is 1. The molecule has 0 aromatic carbocycles. The second-order valence-corrected chi connectivity index (χ2v) is 5.02. The highest BCUT2D eigenvalue weighted by Crippen LogP contribution is 2.18. The highest BCUT2D eigenvalue weighted by Gasteiger charge is 2.26. The van der Waals surface area contributed by atoms with Gasteiger partial charge in [-0.15, -0.1) is 12.4 Å². The lowest BCUT2D eigenvalue weighted by Crippen LogP contribution is -2.34. The summed E-state index contributed by atoms with van der Waals surface area (Å²) >= 11 is 0. The van der Waals surface area contributed by atoms with Crippen LogP contribution in [0.1, 0.15) is 19.0 Å². The fraction of sp³-hybridized carbons (Fsp3) is 0.667. The Morgan fingerprint density at radius 1 is 1.74 bits per heavy atom. The van der Waals surface area contributed by atoms with E-state index in [0.717, 1.165) is 25.2 Å². The van der Waals surface area contributed by atoms with Crippen molar-refractivity contribution in [3.63, 3.8) is 0 Å². The number of amides is 1. The number of hydrogen-bond donors (Lipinski definition) is 2. The minimum Gasteiger partial charge on any atom is -0.338 e. The van der Waals surface area contributed by atoms with Crippen LogP contribution in [-0.4, -0.2) is 41.6 Å². The Labute approximate surface area is 119 Å². The number of aromatic nitrogens is 1. The van der Waals surface area contributed by atoms with Gasteiger partial charge in [-0.2, -0.15) is 0 Å². The third kappa shape index (κ3) is 4.49.